The summed E-state index contributed by atoms with van der Waals surface area (Å²) in [5.41, 5.74) is 4.08. The van der Waals surface area contributed by atoms with E-state index in [0.717, 1.165) is 22.3 Å². The Morgan fingerprint density at radius 2 is 1.97 bits per heavy atom. The molecule has 1 aliphatic rings. The summed E-state index contributed by atoms with van der Waals surface area (Å²) in [4.78, 5) is 14.9. The second-order valence-corrected chi connectivity index (χ2v) is 10.7. The molecular formula is C23H23ClN2O4S. The molecule has 0 unspecified atom stereocenters. The number of aryl methyl sites for hydroxylation is 2. The fourth-order valence-electron chi connectivity index (χ4n) is 3.77. The topological polar surface area (TPSA) is 80.5 Å². The van der Waals surface area contributed by atoms with Gasteiger partial charge < -0.3 is 9.42 Å². The van der Waals surface area contributed by atoms with E-state index in [0.29, 0.717) is 17.2 Å². The molecule has 2 aromatic carbocycles. The zero-order chi connectivity index (χ0) is 22.2. The Morgan fingerprint density at radius 1 is 1.16 bits per heavy atom. The summed E-state index contributed by atoms with van der Waals surface area (Å²) in [6, 6.07) is 14.3. The minimum absolute atomic E-state index is 0.0544. The van der Waals surface area contributed by atoms with Gasteiger partial charge in [0.1, 0.15) is 0 Å². The maximum Gasteiger partial charge on any atom is 0.276 e. The summed E-state index contributed by atoms with van der Waals surface area (Å²) in [7, 11) is -3.17. The molecule has 0 aliphatic carbocycles. The van der Waals surface area contributed by atoms with Crippen molar-refractivity contribution in [3.05, 3.63) is 75.9 Å². The van der Waals surface area contributed by atoms with Crippen LogP contribution in [0.25, 0.3) is 11.3 Å². The molecule has 4 rings (SSSR count). The van der Waals surface area contributed by atoms with Crippen molar-refractivity contribution in [2.45, 2.75) is 32.9 Å². The molecule has 1 saturated heterocycles. The van der Waals surface area contributed by atoms with Gasteiger partial charge in [0.15, 0.2) is 21.3 Å². The van der Waals surface area contributed by atoms with Crippen molar-refractivity contribution < 1.29 is 17.7 Å². The lowest BCUT2D eigenvalue weighted by molar-refractivity contribution is 0.0670. The number of benzene rings is 2. The first-order valence-corrected chi connectivity index (χ1v) is 12.2. The first-order valence-electron chi connectivity index (χ1n) is 10.0. The molecule has 0 N–H and O–H groups in total. The average molecular weight is 459 g/mol. The maximum atomic E-state index is 13.4. The van der Waals surface area contributed by atoms with Gasteiger partial charge >= 0.3 is 0 Å². The van der Waals surface area contributed by atoms with E-state index in [4.69, 9.17) is 16.1 Å². The van der Waals surface area contributed by atoms with Gasteiger partial charge in [0.2, 0.25) is 0 Å². The number of rotatable bonds is 5. The highest BCUT2D eigenvalue weighted by Crippen LogP contribution is 2.26. The van der Waals surface area contributed by atoms with Gasteiger partial charge in [-0.15, -0.1) is 0 Å². The van der Waals surface area contributed by atoms with E-state index in [2.05, 4.69) is 5.16 Å². The Bertz CT molecular complexity index is 1240. The average Bonchev–Trinajstić information content (AvgIpc) is 3.34. The van der Waals surface area contributed by atoms with E-state index in [1.165, 1.54) is 0 Å². The summed E-state index contributed by atoms with van der Waals surface area (Å²) >= 11 is 6.10. The lowest BCUT2D eigenvalue weighted by atomic mass is 10.0. The number of carbonyl (C=O) groups excluding carboxylic acids is 1. The van der Waals surface area contributed by atoms with Crippen LogP contribution in [0.4, 0.5) is 0 Å². The number of sulfone groups is 1. The van der Waals surface area contributed by atoms with Crippen LogP contribution < -0.4 is 0 Å². The Morgan fingerprint density at radius 3 is 2.65 bits per heavy atom. The fraction of sp³-hybridized carbons (Fsp3) is 0.304. The number of halogens is 1. The second kappa shape index (κ2) is 8.48. The molecular weight excluding hydrogens is 436 g/mol. The lowest BCUT2D eigenvalue weighted by Gasteiger charge is -2.27. The summed E-state index contributed by atoms with van der Waals surface area (Å²) in [6.45, 7) is 4.28. The molecule has 1 atom stereocenters. The predicted molar refractivity (Wildman–Crippen MR) is 120 cm³/mol. The number of amides is 1. The summed E-state index contributed by atoms with van der Waals surface area (Å²) < 4.78 is 29.6. The minimum atomic E-state index is -3.17. The third kappa shape index (κ3) is 4.83. The molecule has 1 fully saturated rings. The van der Waals surface area contributed by atoms with Crippen LogP contribution in [0.5, 0.6) is 0 Å². The Kier molecular flexibility index (Phi) is 5.90. The van der Waals surface area contributed by atoms with Crippen LogP contribution in [0.3, 0.4) is 0 Å². The quantitative estimate of drug-likeness (QED) is 0.564. The predicted octanol–water partition coefficient (Wildman–Crippen LogP) is 4.44. The van der Waals surface area contributed by atoms with Crippen LogP contribution in [-0.4, -0.2) is 41.9 Å². The number of aromatic nitrogens is 1. The molecule has 1 aliphatic heterocycles. The van der Waals surface area contributed by atoms with Crippen LogP contribution in [0, 0.1) is 13.8 Å². The molecule has 1 amide bonds. The Hall–Kier alpha value is -2.64. The molecule has 8 heteroatoms. The van der Waals surface area contributed by atoms with Gasteiger partial charge in [0.25, 0.3) is 5.91 Å². The van der Waals surface area contributed by atoms with Gasteiger partial charge in [-0.25, -0.2) is 8.42 Å². The van der Waals surface area contributed by atoms with Crippen molar-refractivity contribution in [1.82, 2.24) is 10.1 Å². The van der Waals surface area contributed by atoms with Crippen molar-refractivity contribution >= 4 is 27.3 Å². The zero-order valence-corrected chi connectivity index (χ0v) is 18.9. The summed E-state index contributed by atoms with van der Waals surface area (Å²) in [6.07, 6.45) is 0.399. The molecule has 162 valence electrons. The third-order valence-corrected chi connectivity index (χ3v) is 7.66. The largest absolute Gasteiger partial charge is 0.355 e. The van der Waals surface area contributed by atoms with Crippen molar-refractivity contribution in [3.8, 4) is 11.3 Å². The number of carbonyl (C=O) groups is 1. The smallest absolute Gasteiger partial charge is 0.276 e. The molecule has 0 saturated carbocycles. The fourth-order valence-corrected chi connectivity index (χ4v) is 5.72. The maximum absolute atomic E-state index is 13.4. The first kappa shape index (κ1) is 21.6. The van der Waals surface area contributed by atoms with Crippen LogP contribution in [-0.2, 0) is 16.4 Å². The van der Waals surface area contributed by atoms with Crippen molar-refractivity contribution in [3.63, 3.8) is 0 Å². The van der Waals surface area contributed by atoms with Crippen molar-refractivity contribution in [2.75, 3.05) is 11.5 Å². The van der Waals surface area contributed by atoms with Crippen LogP contribution in [0.2, 0.25) is 5.02 Å². The molecule has 1 aromatic heterocycles. The first-order chi connectivity index (χ1) is 14.7. The van der Waals surface area contributed by atoms with Crippen LogP contribution in [0.15, 0.2) is 53.1 Å². The van der Waals surface area contributed by atoms with E-state index in [-0.39, 0.29) is 29.7 Å². The Balaban J connectivity index is 1.64. The number of hydrogen-bond donors (Lipinski definition) is 0. The summed E-state index contributed by atoms with van der Waals surface area (Å²) in [5.74, 6) is 0.152. The molecule has 0 bridgehead atoms. The van der Waals surface area contributed by atoms with Crippen molar-refractivity contribution in [2.24, 2.45) is 0 Å². The highest BCUT2D eigenvalue weighted by molar-refractivity contribution is 7.91. The zero-order valence-electron chi connectivity index (χ0n) is 17.3. The number of nitrogens with zero attached hydrogens (tertiary/aromatic N) is 2. The lowest BCUT2D eigenvalue weighted by Crippen LogP contribution is -2.40. The van der Waals surface area contributed by atoms with Crippen molar-refractivity contribution in [1.29, 1.82) is 0 Å². The van der Waals surface area contributed by atoms with E-state index < -0.39 is 15.9 Å². The highest BCUT2D eigenvalue weighted by atomic mass is 35.5. The third-order valence-electron chi connectivity index (χ3n) is 5.67. The van der Waals surface area contributed by atoms with Gasteiger partial charge in [0, 0.05) is 29.2 Å². The van der Waals surface area contributed by atoms with Crippen LogP contribution >= 0.6 is 11.6 Å². The second-order valence-electron chi connectivity index (χ2n) is 8.00. The SMILES string of the molecule is Cc1ccc(-c2cc(C(=O)N(Cc3cccc(Cl)c3)[C@@H]3CCS(=O)(=O)C3)no2)cc1C. The van der Waals surface area contributed by atoms with Gasteiger partial charge in [0.05, 0.1) is 11.5 Å². The van der Waals surface area contributed by atoms with E-state index in [9.17, 15) is 13.2 Å². The normalized spacial score (nSPS) is 17.6. The molecule has 31 heavy (non-hydrogen) atoms. The van der Waals surface area contributed by atoms with Gasteiger partial charge in [-0.05, 0) is 55.2 Å². The van der Waals surface area contributed by atoms with E-state index in [1.807, 2.05) is 38.1 Å². The molecule has 6 nitrogen and oxygen atoms in total. The molecule has 0 spiro atoms. The highest BCUT2D eigenvalue weighted by Gasteiger charge is 2.36. The standard InChI is InChI=1S/C23H23ClN2O4S/c1-15-6-7-18(10-16(15)2)22-12-21(25-30-22)23(27)26(20-8-9-31(28,29)14-20)13-17-4-3-5-19(24)11-17/h3-7,10-12,20H,8-9,13-14H2,1-2H3/t20-/m1/s1. The van der Waals surface area contributed by atoms with Gasteiger partial charge in [-0.2, -0.15) is 0 Å². The molecule has 3 aromatic rings. The summed E-state index contributed by atoms with van der Waals surface area (Å²) in [5, 5.41) is 4.55. The van der Waals surface area contributed by atoms with E-state index in [1.54, 1.807) is 29.2 Å². The van der Waals surface area contributed by atoms with Gasteiger partial charge in [-0.3, -0.25) is 4.79 Å². The molecule has 2 heterocycles. The Labute approximate surface area is 186 Å². The van der Waals surface area contributed by atoms with Gasteiger partial charge in [-0.1, -0.05) is 41.0 Å². The number of hydrogen-bond acceptors (Lipinski definition) is 5. The monoisotopic (exact) mass is 458 g/mol. The molecule has 0 radical (unpaired) electrons. The minimum Gasteiger partial charge on any atom is -0.355 e. The van der Waals surface area contributed by atoms with Crippen LogP contribution in [0.1, 0.15) is 33.6 Å². The van der Waals surface area contributed by atoms with E-state index >= 15 is 0 Å².